The highest BCUT2D eigenvalue weighted by Gasteiger charge is 2.17. The maximum atomic E-state index is 12.5. The minimum Gasteiger partial charge on any atom is -0.322 e. The number of rotatable bonds is 5. The first-order valence-electron chi connectivity index (χ1n) is 7.90. The van der Waals surface area contributed by atoms with Crippen LogP contribution in [0.2, 0.25) is 10.0 Å². The van der Waals surface area contributed by atoms with E-state index in [1.54, 1.807) is 36.4 Å². The molecule has 0 spiro atoms. The lowest BCUT2D eigenvalue weighted by molar-refractivity contribution is 0.102. The van der Waals surface area contributed by atoms with Gasteiger partial charge in [-0.25, -0.2) is 8.42 Å². The summed E-state index contributed by atoms with van der Waals surface area (Å²) in [6.45, 7) is 0. The number of amides is 1. The third kappa shape index (κ3) is 4.86. The molecule has 144 valence electrons. The van der Waals surface area contributed by atoms with Gasteiger partial charge in [0.1, 0.15) is 0 Å². The minimum atomic E-state index is -3.87. The molecule has 0 aliphatic rings. The summed E-state index contributed by atoms with van der Waals surface area (Å²) in [4.78, 5) is 12.3. The third-order valence-corrected chi connectivity index (χ3v) is 6.45. The van der Waals surface area contributed by atoms with Crippen molar-refractivity contribution in [3.63, 3.8) is 0 Å². The molecule has 3 aromatic carbocycles. The summed E-state index contributed by atoms with van der Waals surface area (Å²) in [5, 5.41) is 3.07. The Hall–Kier alpha value is -2.06. The van der Waals surface area contributed by atoms with E-state index in [0.717, 1.165) is 4.47 Å². The lowest BCUT2D eigenvalue weighted by Gasteiger charge is -2.11. The monoisotopic (exact) mass is 498 g/mol. The number of halogens is 3. The van der Waals surface area contributed by atoms with Gasteiger partial charge in [0.2, 0.25) is 0 Å². The predicted molar refractivity (Wildman–Crippen MR) is 116 cm³/mol. The summed E-state index contributed by atoms with van der Waals surface area (Å²) >= 11 is 15.2. The molecular weight excluding hydrogens is 487 g/mol. The Balaban J connectivity index is 1.75. The summed E-state index contributed by atoms with van der Waals surface area (Å²) in [5.41, 5.74) is 1.13. The van der Waals surface area contributed by atoms with Crippen molar-refractivity contribution < 1.29 is 13.2 Å². The molecule has 0 radical (unpaired) electrons. The van der Waals surface area contributed by atoms with Gasteiger partial charge in [-0.15, -0.1) is 0 Å². The second-order valence-corrected chi connectivity index (χ2v) is 9.08. The Kier molecular flexibility index (Phi) is 6.30. The van der Waals surface area contributed by atoms with Crippen molar-refractivity contribution in [2.75, 3.05) is 10.0 Å². The first-order valence-corrected chi connectivity index (χ1v) is 10.9. The molecule has 0 fully saturated rings. The molecule has 0 saturated carbocycles. The van der Waals surface area contributed by atoms with Crippen LogP contribution in [0.1, 0.15) is 10.4 Å². The Bertz CT molecular complexity index is 1120. The van der Waals surface area contributed by atoms with Crippen molar-refractivity contribution in [3.05, 3.63) is 86.8 Å². The average molecular weight is 500 g/mol. The lowest BCUT2D eigenvalue weighted by atomic mass is 10.2. The highest BCUT2D eigenvalue weighted by Crippen LogP contribution is 2.31. The van der Waals surface area contributed by atoms with Crippen LogP contribution >= 0.6 is 39.1 Å². The molecule has 9 heteroatoms. The second-order valence-electron chi connectivity index (χ2n) is 5.69. The SMILES string of the molecule is O=C(Nc1ccc(S(=O)(=O)Nc2cccc(Cl)c2Cl)cc1)c1ccc(Br)cc1. The fourth-order valence-electron chi connectivity index (χ4n) is 2.31. The van der Waals surface area contributed by atoms with E-state index in [0.29, 0.717) is 11.3 Å². The molecule has 0 bridgehead atoms. The van der Waals surface area contributed by atoms with Crippen LogP contribution in [0.4, 0.5) is 11.4 Å². The lowest BCUT2D eigenvalue weighted by Crippen LogP contribution is -2.14. The van der Waals surface area contributed by atoms with E-state index < -0.39 is 10.0 Å². The standard InChI is InChI=1S/C19H13BrCl2N2O3S/c20-13-6-4-12(5-7-13)19(25)23-14-8-10-15(11-9-14)28(26,27)24-17-3-1-2-16(21)18(17)22/h1-11,24H,(H,23,25). The third-order valence-electron chi connectivity index (χ3n) is 3.72. The number of benzene rings is 3. The normalized spacial score (nSPS) is 11.1. The molecule has 1 amide bonds. The fraction of sp³-hybridized carbons (Fsp3) is 0. The Morgan fingerprint density at radius 1 is 0.893 bits per heavy atom. The predicted octanol–water partition coefficient (Wildman–Crippen LogP) is 5.81. The number of carbonyl (C=O) groups is 1. The van der Waals surface area contributed by atoms with Crippen LogP contribution in [-0.2, 0) is 10.0 Å². The summed E-state index contributed by atoms with van der Waals surface area (Å²) < 4.78 is 28.4. The van der Waals surface area contributed by atoms with Gasteiger partial charge in [-0.3, -0.25) is 9.52 Å². The largest absolute Gasteiger partial charge is 0.322 e. The number of sulfonamides is 1. The molecule has 2 N–H and O–H groups in total. The van der Waals surface area contributed by atoms with Gasteiger partial charge in [-0.2, -0.15) is 0 Å². The van der Waals surface area contributed by atoms with Gasteiger partial charge in [0, 0.05) is 15.7 Å². The molecule has 28 heavy (non-hydrogen) atoms. The zero-order valence-electron chi connectivity index (χ0n) is 14.1. The van der Waals surface area contributed by atoms with Gasteiger partial charge in [-0.05, 0) is 60.7 Å². The second kappa shape index (κ2) is 8.53. The van der Waals surface area contributed by atoms with Crippen molar-refractivity contribution in [2.45, 2.75) is 4.90 Å². The number of hydrogen-bond donors (Lipinski definition) is 2. The molecule has 0 aliphatic carbocycles. The van der Waals surface area contributed by atoms with Gasteiger partial charge in [0.25, 0.3) is 15.9 Å². The zero-order chi connectivity index (χ0) is 20.3. The van der Waals surface area contributed by atoms with Crippen molar-refractivity contribution in [1.29, 1.82) is 0 Å². The first kappa shape index (κ1) is 20.7. The number of carbonyl (C=O) groups excluding carboxylic acids is 1. The van der Waals surface area contributed by atoms with Gasteiger partial charge < -0.3 is 5.32 Å². The van der Waals surface area contributed by atoms with Crippen molar-refractivity contribution in [1.82, 2.24) is 0 Å². The summed E-state index contributed by atoms with van der Waals surface area (Å²) in [5.74, 6) is -0.299. The van der Waals surface area contributed by atoms with Crippen LogP contribution in [-0.4, -0.2) is 14.3 Å². The molecule has 3 rings (SSSR count). The molecule has 0 aliphatic heterocycles. The molecule has 3 aromatic rings. The van der Waals surface area contributed by atoms with Crippen LogP contribution < -0.4 is 10.0 Å². The van der Waals surface area contributed by atoms with E-state index in [1.807, 2.05) is 0 Å². The number of anilines is 2. The maximum Gasteiger partial charge on any atom is 0.261 e. The molecule has 0 atom stereocenters. The van der Waals surface area contributed by atoms with E-state index in [2.05, 4.69) is 26.0 Å². The van der Waals surface area contributed by atoms with Crippen molar-refractivity contribution >= 4 is 66.4 Å². The van der Waals surface area contributed by atoms with Gasteiger partial charge in [-0.1, -0.05) is 45.2 Å². The first-order chi connectivity index (χ1) is 13.3. The average Bonchev–Trinajstić information content (AvgIpc) is 2.66. The van der Waals surface area contributed by atoms with E-state index in [4.69, 9.17) is 23.2 Å². The Labute approximate surface area is 180 Å². The van der Waals surface area contributed by atoms with Crippen molar-refractivity contribution in [3.8, 4) is 0 Å². The van der Waals surface area contributed by atoms with Gasteiger partial charge >= 0.3 is 0 Å². The van der Waals surface area contributed by atoms with Gasteiger partial charge in [0.15, 0.2) is 0 Å². The van der Waals surface area contributed by atoms with Crippen LogP contribution in [0.3, 0.4) is 0 Å². The van der Waals surface area contributed by atoms with Gasteiger partial charge in [0.05, 0.1) is 20.6 Å². The molecular formula is C19H13BrCl2N2O3S. The van der Waals surface area contributed by atoms with Crippen LogP contribution in [0.25, 0.3) is 0 Å². The molecule has 0 unspecified atom stereocenters. The Morgan fingerprint density at radius 2 is 1.54 bits per heavy atom. The van der Waals surface area contributed by atoms with E-state index in [-0.39, 0.29) is 26.5 Å². The van der Waals surface area contributed by atoms with Crippen molar-refractivity contribution in [2.24, 2.45) is 0 Å². The quantitative estimate of drug-likeness (QED) is 0.465. The highest BCUT2D eigenvalue weighted by molar-refractivity contribution is 9.10. The fourth-order valence-corrected chi connectivity index (χ4v) is 4.05. The smallest absolute Gasteiger partial charge is 0.261 e. The molecule has 0 heterocycles. The van der Waals surface area contributed by atoms with E-state index in [1.165, 1.54) is 30.3 Å². The minimum absolute atomic E-state index is 0.0187. The summed E-state index contributed by atoms with van der Waals surface area (Å²) in [6.07, 6.45) is 0. The van der Waals surface area contributed by atoms with Crippen LogP contribution in [0.15, 0.2) is 76.1 Å². The van der Waals surface area contributed by atoms with E-state index >= 15 is 0 Å². The Morgan fingerprint density at radius 3 is 2.18 bits per heavy atom. The van der Waals surface area contributed by atoms with E-state index in [9.17, 15) is 13.2 Å². The molecule has 5 nitrogen and oxygen atoms in total. The number of nitrogens with one attached hydrogen (secondary N) is 2. The summed E-state index contributed by atoms with van der Waals surface area (Å²) in [6, 6.07) is 17.3. The highest BCUT2D eigenvalue weighted by atomic mass is 79.9. The molecule has 0 aromatic heterocycles. The molecule has 0 saturated heterocycles. The van der Waals surface area contributed by atoms with Crippen LogP contribution in [0.5, 0.6) is 0 Å². The maximum absolute atomic E-state index is 12.5. The zero-order valence-corrected chi connectivity index (χ0v) is 18.0. The van der Waals surface area contributed by atoms with Crippen LogP contribution in [0, 0.1) is 0 Å². The number of hydrogen-bond acceptors (Lipinski definition) is 3. The summed E-state index contributed by atoms with van der Waals surface area (Å²) in [7, 11) is -3.87. The topological polar surface area (TPSA) is 75.3 Å².